The van der Waals surface area contributed by atoms with E-state index in [9.17, 15) is 4.79 Å². The van der Waals surface area contributed by atoms with E-state index in [-0.39, 0.29) is 5.91 Å². The second-order valence-corrected chi connectivity index (χ2v) is 7.11. The molecule has 1 aromatic carbocycles. The van der Waals surface area contributed by atoms with Gasteiger partial charge in [-0.15, -0.1) is 0 Å². The number of hydrogen-bond donors (Lipinski definition) is 1. The lowest BCUT2D eigenvalue weighted by molar-refractivity contribution is 0.0734. The highest BCUT2D eigenvalue weighted by Gasteiger charge is 2.24. The number of amides is 1. The van der Waals surface area contributed by atoms with Crippen molar-refractivity contribution >= 4 is 11.7 Å². The van der Waals surface area contributed by atoms with Gasteiger partial charge in [-0.3, -0.25) is 4.79 Å². The van der Waals surface area contributed by atoms with Gasteiger partial charge in [0.2, 0.25) is 0 Å². The van der Waals surface area contributed by atoms with E-state index in [1.807, 2.05) is 37.2 Å². The van der Waals surface area contributed by atoms with Crippen LogP contribution in [-0.4, -0.2) is 68.6 Å². The summed E-state index contributed by atoms with van der Waals surface area (Å²) in [5.41, 5.74) is 2.93. The fourth-order valence-corrected chi connectivity index (χ4v) is 3.31. The van der Waals surface area contributed by atoms with E-state index in [1.54, 1.807) is 26.5 Å². The number of nitrogens with one attached hydrogen (secondary N) is 1. The van der Waals surface area contributed by atoms with Gasteiger partial charge in [-0.2, -0.15) is 0 Å². The van der Waals surface area contributed by atoms with Crippen LogP contribution in [0.3, 0.4) is 0 Å². The molecule has 0 atom stereocenters. The van der Waals surface area contributed by atoms with Crippen molar-refractivity contribution in [2.75, 3.05) is 53.3 Å². The lowest BCUT2D eigenvalue weighted by atomic mass is 9.98. The molecular weight excluding hydrogens is 356 g/mol. The highest BCUT2D eigenvalue weighted by atomic mass is 16.5. The number of nitrogens with zero attached hydrogens (tertiary/aromatic N) is 3. The van der Waals surface area contributed by atoms with Crippen molar-refractivity contribution in [2.45, 2.75) is 13.0 Å². The van der Waals surface area contributed by atoms with E-state index >= 15 is 0 Å². The van der Waals surface area contributed by atoms with Gasteiger partial charge < -0.3 is 24.6 Å². The number of carbonyl (C=O) groups excluding carboxylic acids is 1. The van der Waals surface area contributed by atoms with Crippen LogP contribution in [0.4, 0.5) is 5.82 Å². The molecule has 0 radical (unpaired) electrons. The topological polar surface area (TPSA) is 66.9 Å². The number of ether oxygens (including phenoxy) is 2. The van der Waals surface area contributed by atoms with Crippen molar-refractivity contribution < 1.29 is 14.3 Å². The lowest BCUT2D eigenvalue weighted by Crippen LogP contribution is -2.36. The highest BCUT2D eigenvalue weighted by molar-refractivity contribution is 5.95. The van der Waals surface area contributed by atoms with Crippen LogP contribution in [0.25, 0.3) is 0 Å². The molecule has 0 aliphatic carbocycles. The number of likely N-dealkylation sites (N-methyl/N-ethyl adjacent to an activating group) is 1. The standard InChI is InChI=1S/C21H28N4O3/c1-24(2)10-8-23-20-13-16(5-7-22-20)21(26)25-9-6-15-11-18(27-3)19(28-4)12-17(15)14-25/h5,7,11-13H,6,8-10,14H2,1-4H3,(H,22,23). The SMILES string of the molecule is COc1cc2c(cc1OC)CN(C(=O)c1ccnc(NCCN(C)C)c1)CC2. The van der Waals surface area contributed by atoms with Gasteiger partial charge in [0.05, 0.1) is 14.2 Å². The third-order valence-corrected chi connectivity index (χ3v) is 4.88. The van der Waals surface area contributed by atoms with Crippen molar-refractivity contribution in [2.24, 2.45) is 0 Å². The van der Waals surface area contributed by atoms with Crippen LogP contribution in [0, 0.1) is 0 Å². The number of benzene rings is 1. The molecule has 1 N–H and O–H groups in total. The summed E-state index contributed by atoms with van der Waals surface area (Å²) >= 11 is 0. The first-order chi connectivity index (χ1) is 13.5. The Labute approximate surface area is 166 Å². The van der Waals surface area contributed by atoms with E-state index in [0.29, 0.717) is 24.4 Å². The first kappa shape index (κ1) is 19.9. The number of rotatable bonds is 7. The third kappa shape index (κ3) is 4.54. The summed E-state index contributed by atoms with van der Waals surface area (Å²) in [6.07, 6.45) is 2.47. The molecule has 0 saturated carbocycles. The Balaban J connectivity index is 1.72. The molecule has 0 unspecified atom stereocenters. The predicted molar refractivity (Wildman–Crippen MR) is 109 cm³/mol. The minimum absolute atomic E-state index is 0.0125. The highest BCUT2D eigenvalue weighted by Crippen LogP contribution is 2.33. The fourth-order valence-electron chi connectivity index (χ4n) is 3.31. The first-order valence-corrected chi connectivity index (χ1v) is 9.39. The van der Waals surface area contributed by atoms with Crippen LogP contribution in [0.1, 0.15) is 21.5 Å². The number of anilines is 1. The summed E-state index contributed by atoms with van der Waals surface area (Å²) in [5, 5.41) is 3.26. The van der Waals surface area contributed by atoms with Crippen LogP contribution in [0.2, 0.25) is 0 Å². The van der Waals surface area contributed by atoms with Crippen molar-refractivity contribution in [1.29, 1.82) is 0 Å². The fraction of sp³-hybridized carbons (Fsp3) is 0.429. The van der Waals surface area contributed by atoms with Gasteiger partial charge in [-0.1, -0.05) is 0 Å². The summed E-state index contributed by atoms with van der Waals surface area (Å²) in [5.74, 6) is 2.14. The summed E-state index contributed by atoms with van der Waals surface area (Å²) in [6.45, 7) is 2.90. The second kappa shape index (κ2) is 8.93. The zero-order chi connectivity index (χ0) is 20.1. The number of hydrogen-bond acceptors (Lipinski definition) is 6. The van der Waals surface area contributed by atoms with E-state index < -0.39 is 0 Å². The molecule has 0 bridgehead atoms. The Kier molecular flexibility index (Phi) is 6.36. The Hall–Kier alpha value is -2.80. The van der Waals surface area contributed by atoms with Crippen LogP contribution < -0.4 is 14.8 Å². The van der Waals surface area contributed by atoms with Gasteiger partial charge in [0.25, 0.3) is 5.91 Å². The maximum Gasteiger partial charge on any atom is 0.254 e. The molecule has 1 aliphatic rings. The van der Waals surface area contributed by atoms with Gasteiger partial charge >= 0.3 is 0 Å². The molecule has 150 valence electrons. The molecule has 7 nitrogen and oxygen atoms in total. The number of aromatic nitrogens is 1. The van der Waals surface area contributed by atoms with Crippen molar-refractivity contribution in [3.05, 3.63) is 47.2 Å². The summed E-state index contributed by atoms with van der Waals surface area (Å²) in [4.78, 5) is 21.3. The number of methoxy groups -OCH3 is 2. The number of carbonyl (C=O) groups is 1. The minimum Gasteiger partial charge on any atom is -0.493 e. The molecule has 1 aromatic heterocycles. The molecule has 0 saturated heterocycles. The van der Waals surface area contributed by atoms with Crippen molar-refractivity contribution in [1.82, 2.24) is 14.8 Å². The first-order valence-electron chi connectivity index (χ1n) is 9.39. The minimum atomic E-state index is 0.0125. The summed E-state index contributed by atoms with van der Waals surface area (Å²) in [6, 6.07) is 7.56. The molecule has 28 heavy (non-hydrogen) atoms. The monoisotopic (exact) mass is 384 g/mol. The zero-order valence-electron chi connectivity index (χ0n) is 17.0. The van der Waals surface area contributed by atoms with Gasteiger partial charge in [0.1, 0.15) is 5.82 Å². The Bertz CT molecular complexity index is 838. The van der Waals surface area contributed by atoms with Gasteiger partial charge in [0, 0.05) is 37.9 Å². The van der Waals surface area contributed by atoms with E-state index in [1.165, 1.54) is 5.56 Å². The number of fused-ring (bicyclic) bond motifs is 1. The molecule has 2 aromatic rings. The van der Waals surface area contributed by atoms with Gasteiger partial charge in [-0.05, 0) is 55.9 Å². The maximum atomic E-state index is 13.0. The Morgan fingerprint density at radius 1 is 1.18 bits per heavy atom. The Morgan fingerprint density at radius 3 is 2.57 bits per heavy atom. The lowest BCUT2D eigenvalue weighted by Gasteiger charge is -2.29. The molecule has 1 amide bonds. The molecular formula is C21H28N4O3. The van der Waals surface area contributed by atoms with Crippen molar-refractivity contribution in [3.63, 3.8) is 0 Å². The summed E-state index contributed by atoms with van der Waals surface area (Å²) in [7, 11) is 7.30. The van der Waals surface area contributed by atoms with Crippen LogP contribution in [-0.2, 0) is 13.0 Å². The van der Waals surface area contributed by atoms with E-state index in [4.69, 9.17) is 9.47 Å². The molecule has 2 heterocycles. The zero-order valence-corrected chi connectivity index (χ0v) is 17.0. The van der Waals surface area contributed by atoms with Crippen LogP contribution in [0.5, 0.6) is 11.5 Å². The second-order valence-electron chi connectivity index (χ2n) is 7.11. The van der Waals surface area contributed by atoms with E-state index in [2.05, 4.69) is 15.2 Å². The van der Waals surface area contributed by atoms with Gasteiger partial charge in [-0.25, -0.2) is 4.98 Å². The quantitative estimate of drug-likeness (QED) is 0.790. The Morgan fingerprint density at radius 2 is 1.89 bits per heavy atom. The van der Waals surface area contributed by atoms with E-state index in [0.717, 1.165) is 36.6 Å². The molecule has 7 heteroatoms. The average molecular weight is 384 g/mol. The largest absolute Gasteiger partial charge is 0.493 e. The predicted octanol–water partition coefficient (Wildman–Crippen LogP) is 2.27. The molecule has 3 rings (SSSR count). The van der Waals surface area contributed by atoms with Crippen LogP contribution in [0.15, 0.2) is 30.5 Å². The maximum absolute atomic E-state index is 13.0. The van der Waals surface area contributed by atoms with Crippen LogP contribution >= 0.6 is 0 Å². The van der Waals surface area contributed by atoms with Gasteiger partial charge in [0.15, 0.2) is 11.5 Å². The number of pyridine rings is 1. The normalized spacial score (nSPS) is 13.2. The third-order valence-electron chi connectivity index (χ3n) is 4.88. The smallest absolute Gasteiger partial charge is 0.254 e. The average Bonchev–Trinajstić information content (AvgIpc) is 2.71. The molecule has 0 spiro atoms. The molecule has 1 aliphatic heterocycles. The van der Waals surface area contributed by atoms with Crippen molar-refractivity contribution in [3.8, 4) is 11.5 Å². The molecule has 0 fully saturated rings. The summed E-state index contributed by atoms with van der Waals surface area (Å²) < 4.78 is 10.8.